The minimum absolute atomic E-state index is 0.0439. The summed E-state index contributed by atoms with van der Waals surface area (Å²) in [5.74, 6) is 0.648. The fraction of sp³-hybridized carbons (Fsp3) is 0.556. The summed E-state index contributed by atoms with van der Waals surface area (Å²) in [5.41, 5.74) is 0.705. The van der Waals surface area contributed by atoms with Crippen molar-refractivity contribution >= 4 is 35.6 Å². The number of anilines is 1. The molecule has 1 aromatic heterocycles. The van der Waals surface area contributed by atoms with Gasteiger partial charge in [-0.3, -0.25) is 14.6 Å². The zero-order valence-electron chi connectivity index (χ0n) is 15.6. The summed E-state index contributed by atoms with van der Waals surface area (Å²) in [6.07, 6.45) is 7.90. The van der Waals surface area contributed by atoms with E-state index in [1.165, 1.54) is 30.2 Å². The highest BCUT2D eigenvalue weighted by Gasteiger charge is 2.35. The van der Waals surface area contributed by atoms with Crippen molar-refractivity contribution in [3.05, 3.63) is 11.8 Å². The van der Waals surface area contributed by atoms with Gasteiger partial charge in [0.25, 0.3) is 11.9 Å². The average Bonchev–Trinajstić information content (AvgIpc) is 3.19. The molecule has 27 heavy (non-hydrogen) atoms. The van der Waals surface area contributed by atoms with Gasteiger partial charge in [-0.15, -0.1) is 0 Å². The van der Waals surface area contributed by atoms with Gasteiger partial charge in [0.2, 0.25) is 5.91 Å². The molecule has 9 heteroatoms. The van der Waals surface area contributed by atoms with E-state index in [2.05, 4.69) is 25.5 Å². The van der Waals surface area contributed by atoms with Crippen LogP contribution in [0.1, 0.15) is 44.2 Å². The van der Waals surface area contributed by atoms with Crippen LogP contribution in [0.2, 0.25) is 0 Å². The van der Waals surface area contributed by atoms with Crippen LogP contribution in [0.3, 0.4) is 0 Å². The summed E-state index contributed by atoms with van der Waals surface area (Å²) >= 11 is 0. The number of amidine groups is 1. The Morgan fingerprint density at radius 1 is 1.26 bits per heavy atom. The van der Waals surface area contributed by atoms with Gasteiger partial charge in [0, 0.05) is 25.7 Å². The first-order chi connectivity index (χ1) is 13.0. The Kier molecular flexibility index (Phi) is 4.59. The predicted molar refractivity (Wildman–Crippen MR) is 102 cm³/mol. The molecular formula is C18H23N7O2. The Bertz CT molecular complexity index is 861. The number of hydrazone groups is 1. The van der Waals surface area contributed by atoms with Gasteiger partial charge in [-0.1, -0.05) is 19.3 Å². The van der Waals surface area contributed by atoms with E-state index >= 15 is 0 Å². The van der Waals surface area contributed by atoms with Crippen LogP contribution in [0, 0.1) is 18.8 Å². The minimum atomic E-state index is -0.542. The summed E-state index contributed by atoms with van der Waals surface area (Å²) in [5, 5.41) is 12.9. The summed E-state index contributed by atoms with van der Waals surface area (Å²) in [6.45, 7) is 1.82. The largest absolute Gasteiger partial charge is 0.310 e. The van der Waals surface area contributed by atoms with Crippen LogP contribution < -0.4 is 5.32 Å². The molecule has 9 nitrogen and oxygen atoms in total. The van der Waals surface area contributed by atoms with Crippen molar-refractivity contribution in [3.8, 4) is 0 Å². The monoisotopic (exact) mass is 369 g/mol. The Morgan fingerprint density at radius 2 is 2.04 bits per heavy atom. The molecule has 1 aliphatic carbocycles. The number of aliphatic imine (C=N–C) groups is 2. The lowest BCUT2D eigenvalue weighted by atomic mass is 9.87. The van der Waals surface area contributed by atoms with Gasteiger partial charge in [0.15, 0.2) is 0 Å². The maximum atomic E-state index is 12.5. The van der Waals surface area contributed by atoms with Crippen molar-refractivity contribution in [2.24, 2.45) is 26.9 Å². The second-order valence-electron chi connectivity index (χ2n) is 7.32. The molecule has 142 valence electrons. The number of rotatable bonds is 3. The second-order valence-corrected chi connectivity index (χ2v) is 7.32. The number of fused-ring (bicyclic) bond motifs is 1. The summed E-state index contributed by atoms with van der Waals surface area (Å²) < 4.78 is 1.42. The molecule has 0 radical (unpaired) electrons. The Balaban J connectivity index is 1.54. The third kappa shape index (κ3) is 3.54. The molecule has 1 atom stereocenters. The first-order valence-electron chi connectivity index (χ1n) is 9.37. The molecule has 2 amide bonds. The van der Waals surface area contributed by atoms with E-state index in [4.69, 9.17) is 0 Å². The Labute approximate surface area is 157 Å². The van der Waals surface area contributed by atoms with Crippen LogP contribution >= 0.6 is 0 Å². The topological polar surface area (TPSA) is 104 Å². The fourth-order valence-corrected chi connectivity index (χ4v) is 3.79. The number of carbonyl (C=O) groups excluding carboxylic acids is 2. The molecule has 0 spiro atoms. The lowest BCUT2D eigenvalue weighted by molar-refractivity contribution is -0.118. The maximum Gasteiger partial charge on any atom is 0.265 e. The van der Waals surface area contributed by atoms with Gasteiger partial charge >= 0.3 is 0 Å². The van der Waals surface area contributed by atoms with E-state index in [-0.39, 0.29) is 17.8 Å². The average molecular weight is 369 g/mol. The fourth-order valence-electron chi connectivity index (χ4n) is 3.79. The zero-order chi connectivity index (χ0) is 19.0. The van der Waals surface area contributed by atoms with Crippen molar-refractivity contribution in [3.63, 3.8) is 0 Å². The van der Waals surface area contributed by atoms with Gasteiger partial charge in [0.05, 0.1) is 5.69 Å². The molecule has 1 saturated carbocycles. The molecule has 2 aliphatic heterocycles. The lowest BCUT2D eigenvalue weighted by Gasteiger charge is -2.21. The van der Waals surface area contributed by atoms with Crippen LogP contribution in [0.4, 0.5) is 5.82 Å². The summed E-state index contributed by atoms with van der Waals surface area (Å²) in [4.78, 5) is 33.3. The van der Waals surface area contributed by atoms with Crippen LogP contribution in [0.15, 0.2) is 21.2 Å². The number of hydrogen-bond acceptors (Lipinski definition) is 6. The number of amides is 2. The summed E-state index contributed by atoms with van der Waals surface area (Å²) in [6, 6.07) is 1.76. The van der Waals surface area contributed by atoms with Crippen molar-refractivity contribution in [1.29, 1.82) is 0 Å². The van der Waals surface area contributed by atoms with E-state index in [9.17, 15) is 9.59 Å². The Hall–Kier alpha value is -2.84. The molecule has 1 unspecified atom stereocenters. The minimum Gasteiger partial charge on any atom is -0.310 e. The SMILES string of the molecule is Cc1cc(NC(=O)CC2CCCCC2)n(C2=NC(=O)C3C=NN(C)C3=N2)n1. The lowest BCUT2D eigenvalue weighted by Crippen LogP contribution is -2.35. The molecule has 0 aromatic carbocycles. The molecule has 3 heterocycles. The third-order valence-electron chi connectivity index (χ3n) is 5.18. The van der Waals surface area contributed by atoms with E-state index in [1.807, 2.05) is 6.92 Å². The highest BCUT2D eigenvalue weighted by Crippen LogP contribution is 2.27. The number of nitrogens with one attached hydrogen (secondary N) is 1. The zero-order valence-corrected chi connectivity index (χ0v) is 15.6. The van der Waals surface area contributed by atoms with Crippen molar-refractivity contribution < 1.29 is 9.59 Å². The molecular weight excluding hydrogens is 346 g/mol. The molecule has 0 saturated heterocycles. The number of aromatic nitrogens is 2. The van der Waals surface area contributed by atoms with E-state index in [0.717, 1.165) is 12.8 Å². The van der Waals surface area contributed by atoms with Gasteiger partial charge in [-0.2, -0.15) is 24.9 Å². The van der Waals surface area contributed by atoms with Gasteiger partial charge in [-0.25, -0.2) is 0 Å². The quantitative estimate of drug-likeness (QED) is 0.877. The first kappa shape index (κ1) is 17.6. The first-order valence-corrected chi connectivity index (χ1v) is 9.37. The molecule has 1 aromatic rings. The smallest absolute Gasteiger partial charge is 0.265 e. The van der Waals surface area contributed by atoms with Gasteiger partial charge < -0.3 is 5.32 Å². The molecule has 1 fully saturated rings. The van der Waals surface area contributed by atoms with E-state index in [1.54, 1.807) is 18.1 Å². The number of nitrogens with zero attached hydrogens (tertiary/aromatic N) is 6. The molecule has 1 N–H and O–H groups in total. The molecule has 4 rings (SSSR count). The summed E-state index contributed by atoms with van der Waals surface area (Å²) in [7, 11) is 1.73. The number of hydrogen-bond donors (Lipinski definition) is 1. The Morgan fingerprint density at radius 3 is 2.81 bits per heavy atom. The van der Waals surface area contributed by atoms with E-state index < -0.39 is 5.92 Å². The van der Waals surface area contributed by atoms with Crippen molar-refractivity contribution in [1.82, 2.24) is 14.8 Å². The van der Waals surface area contributed by atoms with Crippen LogP contribution in [-0.4, -0.2) is 51.7 Å². The highest BCUT2D eigenvalue weighted by atomic mass is 16.2. The predicted octanol–water partition coefficient (Wildman–Crippen LogP) is 1.79. The normalized spacial score (nSPS) is 22.5. The van der Waals surface area contributed by atoms with Crippen LogP contribution in [0.5, 0.6) is 0 Å². The standard InChI is InChI=1S/C18H23N7O2/c1-11-8-14(20-15(26)9-12-6-4-3-5-7-12)25(23-11)18-21-16-13(17(27)22-18)10-19-24(16)2/h8,10,12-13H,3-7,9H2,1-2H3,(H,20,26). The van der Waals surface area contributed by atoms with Crippen LogP contribution in [-0.2, 0) is 9.59 Å². The second kappa shape index (κ2) is 7.05. The van der Waals surface area contributed by atoms with E-state index in [0.29, 0.717) is 29.7 Å². The van der Waals surface area contributed by atoms with Gasteiger partial charge in [0.1, 0.15) is 17.6 Å². The van der Waals surface area contributed by atoms with Crippen molar-refractivity contribution in [2.45, 2.75) is 45.4 Å². The number of carbonyl (C=O) groups is 2. The van der Waals surface area contributed by atoms with Crippen molar-refractivity contribution in [2.75, 3.05) is 12.4 Å². The van der Waals surface area contributed by atoms with Gasteiger partial charge in [-0.05, 0) is 25.7 Å². The van der Waals surface area contributed by atoms with Crippen LogP contribution in [0.25, 0.3) is 0 Å². The third-order valence-corrected chi connectivity index (χ3v) is 5.18. The molecule has 3 aliphatic rings. The molecule has 0 bridgehead atoms. The highest BCUT2D eigenvalue weighted by molar-refractivity contribution is 6.24. The maximum absolute atomic E-state index is 12.5. The number of aryl methyl sites for hydroxylation is 1.